The number of anilines is 1. The first-order valence-corrected chi connectivity index (χ1v) is 10.3. The van der Waals surface area contributed by atoms with E-state index in [2.05, 4.69) is 5.32 Å². The molecule has 5 rings (SSSR count). The number of benzene rings is 3. The molecule has 0 bridgehead atoms. The number of para-hydroxylation sites is 1. The fourth-order valence-corrected chi connectivity index (χ4v) is 4.17. The number of carbonyl (C=O) groups is 1. The van der Waals surface area contributed by atoms with Crippen molar-refractivity contribution in [3.05, 3.63) is 83.4 Å². The van der Waals surface area contributed by atoms with Crippen molar-refractivity contribution < 1.29 is 23.4 Å². The number of furan rings is 1. The van der Waals surface area contributed by atoms with Crippen LogP contribution in [-0.2, 0) is 17.8 Å². The number of nitrogens with two attached hydrogens (primary N) is 1. The zero-order valence-corrected chi connectivity index (χ0v) is 17.1. The highest BCUT2D eigenvalue weighted by Crippen LogP contribution is 2.40. The average molecular weight is 432 g/mol. The lowest BCUT2D eigenvalue weighted by molar-refractivity contribution is -0.136. The predicted octanol–water partition coefficient (Wildman–Crippen LogP) is 4.87. The zero-order valence-electron chi connectivity index (χ0n) is 17.1. The van der Waals surface area contributed by atoms with Gasteiger partial charge in [0, 0.05) is 34.2 Å². The van der Waals surface area contributed by atoms with E-state index in [1.54, 1.807) is 36.6 Å². The number of halogens is 1. The summed E-state index contributed by atoms with van der Waals surface area (Å²) >= 11 is 0. The Kier molecular flexibility index (Phi) is 5.03. The van der Waals surface area contributed by atoms with Crippen LogP contribution >= 0.6 is 0 Å². The zero-order chi connectivity index (χ0) is 22.2. The molecular weight excluding hydrogens is 411 g/mol. The van der Waals surface area contributed by atoms with Crippen LogP contribution in [0.5, 0.6) is 5.75 Å². The normalized spacial score (nSPS) is 15.1. The Morgan fingerprint density at radius 1 is 1.12 bits per heavy atom. The Hall–Kier alpha value is -3.84. The van der Waals surface area contributed by atoms with Gasteiger partial charge in [0.2, 0.25) is 0 Å². The van der Waals surface area contributed by atoms with E-state index in [-0.39, 0.29) is 18.8 Å². The molecule has 2 heterocycles. The monoisotopic (exact) mass is 432 g/mol. The molecule has 1 aliphatic rings. The van der Waals surface area contributed by atoms with E-state index >= 15 is 4.39 Å². The summed E-state index contributed by atoms with van der Waals surface area (Å²) in [5, 5.41) is 13.4. The summed E-state index contributed by atoms with van der Waals surface area (Å²) in [5.74, 6) is -0.778. The molecule has 0 unspecified atom stereocenters. The molecule has 1 atom stereocenters. The van der Waals surface area contributed by atoms with E-state index in [0.717, 1.165) is 16.6 Å². The summed E-state index contributed by atoms with van der Waals surface area (Å²) in [6.45, 7) is 0.580. The van der Waals surface area contributed by atoms with Crippen molar-refractivity contribution in [2.75, 3.05) is 11.9 Å². The Bertz CT molecular complexity index is 1330. The van der Waals surface area contributed by atoms with Crippen molar-refractivity contribution in [3.63, 3.8) is 0 Å². The van der Waals surface area contributed by atoms with Crippen molar-refractivity contribution in [3.8, 4) is 16.9 Å². The first kappa shape index (κ1) is 20.1. The minimum Gasteiger partial charge on any atom is -0.481 e. The minimum absolute atomic E-state index is 0.0967. The van der Waals surface area contributed by atoms with Gasteiger partial charge in [-0.25, -0.2) is 4.39 Å². The van der Waals surface area contributed by atoms with Gasteiger partial charge in [-0.2, -0.15) is 0 Å². The number of carboxylic acids is 1. The molecule has 4 aromatic rings. The van der Waals surface area contributed by atoms with Crippen molar-refractivity contribution in [2.45, 2.75) is 19.1 Å². The predicted molar refractivity (Wildman–Crippen MR) is 119 cm³/mol. The fourth-order valence-electron chi connectivity index (χ4n) is 4.17. The second kappa shape index (κ2) is 8.01. The third-order valence-corrected chi connectivity index (χ3v) is 5.71. The molecule has 0 amide bonds. The number of hydrogen-bond donors (Lipinski definition) is 3. The number of rotatable bonds is 5. The third-order valence-electron chi connectivity index (χ3n) is 5.71. The van der Waals surface area contributed by atoms with Gasteiger partial charge in [0.15, 0.2) is 0 Å². The number of ether oxygens (including phenoxy) is 1. The fraction of sp³-hybridized carbons (Fsp3) is 0.160. The van der Waals surface area contributed by atoms with E-state index < -0.39 is 12.1 Å². The molecule has 7 heteroatoms. The summed E-state index contributed by atoms with van der Waals surface area (Å²) in [4.78, 5) is 11.3. The summed E-state index contributed by atoms with van der Waals surface area (Å²) in [6, 6.07) is 16.2. The van der Waals surface area contributed by atoms with Gasteiger partial charge in [0.05, 0.1) is 24.9 Å². The number of aliphatic carboxylic acids is 1. The summed E-state index contributed by atoms with van der Waals surface area (Å²) in [5.41, 5.74) is 9.91. The third kappa shape index (κ3) is 3.46. The average Bonchev–Trinajstić information content (AvgIpc) is 3.27. The summed E-state index contributed by atoms with van der Waals surface area (Å²) in [7, 11) is 0. The SMILES string of the molecule is NCc1cccc(-c2cc([C@@H]3CNc4cccc(CC(=O)O)c4O3)cc3ccoc23)c1F. The van der Waals surface area contributed by atoms with Crippen LogP contribution in [0.4, 0.5) is 10.1 Å². The number of hydrogen-bond acceptors (Lipinski definition) is 5. The van der Waals surface area contributed by atoms with Gasteiger partial charge in [-0.1, -0.05) is 30.3 Å². The first-order valence-electron chi connectivity index (χ1n) is 10.3. The summed E-state index contributed by atoms with van der Waals surface area (Å²) < 4.78 is 27.1. The topological polar surface area (TPSA) is 97.7 Å². The minimum atomic E-state index is -0.929. The first-order chi connectivity index (χ1) is 15.5. The van der Waals surface area contributed by atoms with Gasteiger partial charge in [-0.05, 0) is 29.8 Å². The van der Waals surface area contributed by atoms with Crippen LogP contribution in [0.1, 0.15) is 22.8 Å². The Morgan fingerprint density at radius 3 is 2.75 bits per heavy atom. The van der Waals surface area contributed by atoms with Gasteiger partial charge < -0.3 is 25.3 Å². The van der Waals surface area contributed by atoms with Crippen molar-refractivity contribution in [1.82, 2.24) is 0 Å². The molecule has 0 saturated heterocycles. The molecule has 0 radical (unpaired) electrons. The summed E-state index contributed by atoms with van der Waals surface area (Å²) in [6.07, 6.45) is 1.04. The van der Waals surface area contributed by atoms with Crippen LogP contribution in [0.25, 0.3) is 22.1 Å². The Morgan fingerprint density at radius 2 is 1.94 bits per heavy atom. The quantitative estimate of drug-likeness (QED) is 0.416. The van der Waals surface area contributed by atoms with E-state index in [1.165, 1.54) is 0 Å². The molecule has 0 spiro atoms. The Labute approximate surface area is 183 Å². The smallest absolute Gasteiger partial charge is 0.307 e. The van der Waals surface area contributed by atoms with Crippen LogP contribution in [0.3, 0.4) is 0 Å². The number of nitrogens with one attached hydrogen (secondary N) is 1. The van der Waals surface area contributed by atoms with Gasteiger partial charge >= 0.3 is 5.97 Å². The molecule has 0 aliphatic carbocycles. The van der Waals surface area contributed by atoms with Crippen LogP contribution in [0, 0.1) is 5.82 Å². The molecule has 3 aromatic carbocycles. The molecule has 4 N–H and O–H groups in total. The lowest BCUT2D eigenvalue weighted by atomic mass is 9.95. The van der Waals surface area contributed by atoms with E-state index in [1.807, 2.05) is 24.3 Å². The number of fused-ring (bicyclic) bond motifs is 2. The molecular formula is C25H21FN2O4. The van der Waals surface area contributed by atoms with E-state index in [4.69, 9.17) is 14.9 Å². The van der Waals surface area contributed by atoms with Crippen LogP contribution in [0.15, 0.2) is 65.3 Å². The molecule has 0 fully saturated rings. The van der Waals surface area contributed by atoms with Crippen LogP contribution < -0.4 is 15.8 Å². The van der Waals surface area contributed by atoms with Gasteiger partial charge in [-0.3, -0.25) is 4.79 Å². The molecule has 0 saturated carbocycles. The van der Waals surface area contributed by atoms with Gasteiger partial charge in [0.25, 0.3) is 0 Å². The van der Waals surface area contributed by atoms with Crippen LogP contribution in [0.2, 0.25) is 0 Å². The van der Waals surface area contributed by atoms with Gasteiger partial charge in [0.1, 0.15) is 23.3 Å². The molecule has 1 aliphatic heterocycles. The highest BCUT2D eigenvalue weighted by molar-refractivity contribution is 5.93. The van der Waals surface area contributed by atoms with Crippen molar-refractivity contribution in [2.24, 2.45) is 5.73 Å². The van der Waals surface area contributed by atoms with Gasteiger partial charge in [-0.15, -0.1) is 0 Å². The maximum absolute atomic E-state index is 15.1. The highest BCUT2D eigenvalue weighted by Gasteiger charge is 2.26. The van der Waals surface area contributed by atoms with E-state index in [9.17, 15) is 9.90 Å². The maximum Gasteiger partial charge on any atom is 0.307 e. The second-order valence-electron chi connectivity index (χ2n) is 7.74. The molecule has 32 heavy (non-hydrogen) atoms. The second-order valence-corrected chi connectivity index (χ2v) is 7.74. The molecule has 6 nitrogen and oxygen atoms in total. The highest BCUT2D eigenvalue weighted by atomic mass is 19.1. The standard InChI is InChI=1S/C25H21FN2O4/c26-23-16(12-27)4-1-5-18(23)19-10-17(9-15-7-8-31-24(15)19)21-13-28-20-6-2-3-14(11-22(29)30)25(20)32-21/h1-10,21,28H,11-13,27H2,(H,29,30)/t21-/m0/s1. The molecule has 162 valence electrons. The lowest BCUT2D eigenvalue weighted by Crippen LogP contribution is -2.24. The van der Waals surface area contributed by atoms with Crippen molar-refractivity contribution >= 4 is 22.6 Å². The maximum atomic E-state index is 15.1. The molecule has 1 aromatic heterocycles. The van der Waals surface area contributed by atoms with E-state index in [0.29, 0.717) is 40.1 Å². The Balaban J connectivity index is 1.59. The van der Waals surface area contributed by atoms with Crippen molar-refractivity contribution in [1.29, 1.82) is 0 Å². The lowest BCUT2D eigenvalue weighted by Gasteiger charge is -2.29. The largest absolute Gasteiger partial charge is 0.481 e. The number of carboxylic acid groups (broad SMARTS) is 1. The van der Waals surface area contributed by atoms with Crippen LogP contribution in [-0.4, -0.2) is 17.6 Å².